The smallest absolute Gasteiger partial charge is 0.231 e. The Morgan fingerprint density at radius 3 is 2.60 bits per heavy atom. The van der Waals surface area contributed by atoms with E-state index in [0.29, 0.717) is 18.8 Å². The van der Waals surface area contributed by atoms with E-state index in [9.17, 15) is 4.79 Å². The third kappa shape index (κ3) is 4.74. The summed E-state index contributed by atoms with van der Waals surface area (Å²) >= 11 is 0. The number of nitrogens with zero attached hydrogens (tertiary/aromatic N) is 2. The Balaban J connectivity index is 0.00000200. The number of hydrogen-bond donors (Lipinski definition) is 1. The molecule has 2 aromatic rings. The molecule has 2 heterocycles. The van der Waals surface area contributed by atoms with E-state index in [1.165, 1.54) is 5.56 Å². The largest absolute Gasteiger partial charge is 1.00 e. The topological polar surface area (TPSA) is 45.9 Å². The summed E-state index contributed by atoms with van der Waals surface area (Å²) in [6, 6.07) is 7.84. The second-order valence-electron chi connectivity index (χ2n) is 4.58. The van der Waals surface area contributed by atoms with E-state index in [0.717, 1.165) is 5.56 Å². The molecule has 1 N–H and O–H groups in total. The van der Waals surface area contributed by atoms with E-state index >= 15 is 0 Å². The van der Waals surface area contributed by atoms with Crippen LogP contribution in [-0.4, -0.2) is 10.9 Å². The van der Waals surface area contributed by atoms with Gasteiger partial charge >= 0.3 is 0 Å². The van der Waals surface area contributed by atoms with Crippen molar-refractivity contribution in [2.45, 2.75) is 26.8 Å². The van der Waals surface area contributed by atoms with Gasteiger partial charge in [-0.25, -0.2) is 9.55 Å². The van der Waals surface area contributed by atoms with Crippen molar-refractivity contribution < 1.29 is 26.3 Å². The Hall–Kier alpha value is -1.75. The molecule has 0 radical (unpaired) electrons. The Bertz CT molecular complexity index is 570. The first-order chi connectivity index (χ1) is 9.15. The molecule has 0 fully saturated rings. The van der Waals surface area contributed by atoms with Crippen LogP contribution in [0, 0.1) is 13.8 Å². The molecule has 20 heavy (non-hydrogen) atoms. The van der Waals surface area contributed by atoms with Crippen LogP contribution in [-0.2, 0) is 11.3 Å². The number of carbonyl (C=O) groups is 1. The fourth-order valence-corrected chi connectivity index (χ4v) is 1.72. The zero-order chi connectivity index (χ0) is 13.7. The lowest BCUT2D eigenvalue weighted by atomic mass is 10.3. The van der Waals surface area contributed by atoms with Crippen LogP contribution in [0.15, 0.2) is 42.9 Å². The summed E-state index contributed by atoms with van der Waals surface area (Å²) in [5, 5.41) is 2.83. The van der Waals surface area contributed by atoms with E-state index < -0.39 is 0 Å². The highest BCUT2D eigenvalue weighted by Gasteiger charge is 2.08. The molecule has 106 valence electrons. The van der Waals surface area contributed by atoms with Gasteiger partial charge < -0.3 is 22.3 Å². The minimum atomic E-state index is -0.0186. The molecular formula is C15H18BrN3O. The summed E-state index contributed by atoms with van der Waals surface area (Å²) in [5.41, 5.74) is 2.18. The molecule has 0 unspecified atom stereocenters. The van der Waals surface area contributed by atoms with Gasteiger partial charge in [-0.2, -0.15) is 0 Å². The Morgan fingerprint density at radius 2 is 1.95 bits per heavy atom. The fraction of sp³-hybridized carbons (Fsp3) is 0.267. The number of pyridine rings is 2. The van der Waals surface area contributed by atoms with Crippen molar-refractivity contribution in [3.8, 4) is 0 Å². The SMILES string of the molecule is Cc1cc[n+](CCC(=O)Nc2ncccc2C)cc1.[Br-]. The second kappa shape index (κ2) is 7.75. The lowest BCUT2D eigenvalue weighted by Crippen LogP contribution is -3.00. The molecule has 0 spiro atoms. The van der Waals surface area contributed by atoms with E-state index in [-0.39, 0.29) is 22.9 Å². The average molecular weight is 336 g/mol. The van der Waals surface area contributed by atoms with Crippen molar-refractivity contribution in [1.82, 2.24) is 4.98 Å². The molecule has 0 atom stereocenters. The molecule has 0 saturated carbocycles. The van der Waals surface area contributed by atoms with Crippen LogP contribution in [0.1, 0.15) is 17.5 Å². The first-order valence-corrected chi connectivity index (χ1v) is 6.32. The summed E-state index contributed by atoms with van der Waals surface area (Å²) in [6.45, 7) is 4.64. The molecule has 2 rings (SSSR count). The van der Waals surface area contributed by atoms with Gasteiger partial charge in [0.15, 0.2) is 18.9 Å². The molecule has 2 aromatic heterocycles. The monoisotopic (exact) mass is 335 g/mol. The maximum absolute atomic E-state index is 11.8. The third-order valence-electron chi connectivity index (χ3n) is 2.92. The van der Waals surface area contributed by atoms with Gasteiger partial charge in [0.05, 0.1) is 6.42 Å². The Labute approximate surface area is 129 Å². The number of hydrogen-bond acceptors (Lipinski definition) is 2. The van der Waals surface area contributed by atoms with E-state index in [4.69, 9.17) is 0 Å². The maximum atomic E-state index is 11.8. The average Bonchev–Trinajstić information content (AvgIpc) is 2.41. The normalized spacial score (nSPS) is 9.70. The summed E-state index contributed by atoms with van der Waals surface area (Å²) in [5.74, 6) is 0.622. The second-order valence-corrected chi connectivity index (χ2v) is 4.58. The van der Waals surface area contributed by atoms with Gasteiger partial charge in [0, 0.05) is 18.3 Å². The number of amides is 1. The van der Waals surface area contributed by atoms with Crippen LogP contribution < -0.4 is 26.9 Å². The molecule has 0 bridgehead atoms. The van der Waals surface area contributed by atoms with Crippen molar-refractivity contribution in [3.05, 3.63) is 54.0 Å². The zero-order valence-corrected chi connectivity index (χ0v) is 13.2. The third-order valence-corrected chi connectivity index (χ3v) is 2.92. The number of halogens is 1. The van der Waals surface area contributed by atoms with Gasteiger partial charge in [-0.3, -0.25) is 4.79 Å². The van der Waals surface area contributed by atoms with Crippen LogP contribution in [0.5, 0.6) is 0 Å². The van der Waals surface area contributed by atoms with Gasteiger partial charge in [0.25, 0.3) is 0 Å². The number of aromatic nitrogens is 2. The molecule has 5 heteroatoms. The van der Waals surface area contributed by atoms with Crippen molar-refractivity contribution in [2.75, 3.05) is 5.32 Å². The molecule has 1 amide bonds. The molecule has 0 aliphatic rings. The summed E-state index contributed by atoms with van der Waals surface area (Å²) in [7, 11) is 0. The van der Waals surface area contributed by atoms with Crippen LogP contribution in [0.3, 0.4) is 0 Å². The van der Waals surface area contributed by atoms with Crippen molar-refractivity contribution in [1.29, 1.82) is 0 Å². The standard InChI is InChI=1S/C15H17N3O.BrH/c1-12-5-9-18(10-6-12)11-7-14(19)17-15-13(2)4-3-8-16-15;/h3-6,8-10H,7,11H2,1-2H3;1H. The highest BCUT2D eigenvalue weighted by atomic mass is 79.9. The summed E-state index contributed by atoms with van der Waals surface area (Å²) < 4.78 is 2.00. The zero-order valence-electron chi connectivity index (χ0n) is 11.6. The first-order valence-electron chi connectivity index (χ1n) is 6.32. The highest BCUT2D eigenvalue weighted by molar-refractivity contribution is 5.90. The maximum Gasteiger partial charge on any atom is 0.231 e. The molecule has 4 nitrogen and oxygen atoms in total. The summed E-state index contributed by atoms with van der Waals surface area (Å²) in [4.78, 5) is 16.0. The number of nitrogens with one attached hydrogen (secondary N) is 1. The Kier molecular flexibility index (Phi) is 6.31. The number of anilines is 1. The number of aryl methyl sites for hydroxylation is 3. The first kappa shape index (κ1) is 16.3. The van der Waals surface area contributed by atoms with Crippen LogP contribution in [0.25, 0.3) is 0 Å². The lowest BCUT2D eigenvalue weighted by Gasteiger charge is -2.05. The number of rotatable bonds is 4. The predicted molar refractivity (Wildman–Crippen MR) is 73.6 cm³/mol. The van der Waals surface area contributed by atoms with E-state index in [1.807, 2.05) is 55.1 Å². The molecule has 0 aliphatic heterocycles. The predicted octanol–water partition coefficient (Wildman–Crippen LogP) is -0.981. The Morgan fingerprint density at radius 1 is 1.25 bits per heavy atom. The highest BCUT2D eigenvalue weighted by Crippen LogP contribution is 2.09. The van der Waals surface area contributed by atoms with Gasteiger partial charge in [0.2, 0.25) is 5.91 Å². The minimum Gasteiger partial charge on any atom is -1.00 e. The van der Waals surface area contributed by atoms with Crippen LogP contribution in [0.2, 0.25) is 0 Å². The quantitative estimate of drug-likeness (QED) is 0.730. The van der Waals surface area contributed by atoms with E-state index in [1.54, 1.807) is 6.20 Å². The van der Waals surface area contributed by atoms with Crippen molar-refractivity contribution in [2.24, 2.45) is 0 Å². The summed E-state index contributed by atoms with van der Waals surface area (Å²) in [6.07, 6.45) is 6.07. The molecule has 0 aliphatic carbocycles. The molecule has 0 aromatic carbocycles. The minimum absolute atomic E-state index is 0. The van der Waals surface area contributed by atoms with Crippen LogP contribution in [0.4, 0.5) is 5.82 Å². The van der Waals surface area contributed by atoms with Gasteiger partial charge in [-0.15, -0.1) is 0 Å². The van der Waals surface area contributed by atoms with Gasteiger partial charge in [-0.05, 0) is 31.0 Å². The lowest BCUT2D eigenvalue weighted by molar-refractivity contribution is -0.695. The van der Waals surface area contributed by atoms with E-state index in [2.05, 4.69) is 10.3 Å². The molecular weight excluding hydrogens is 318 g/mol. The fourth-order valence-electron chi connectivity index (χ4n) is 1.72. The van der Waals surface area contributed by atoms with Gasteiger partial charge in [0.1, 0.15) is 5.82 Å². The molecule has 0 saturated heterocycles. The van der Waals surface area contributed by atoms with Crippen molar-refractivity contribution in [3.63, 3.8) is 0 Å². The van der Waals surface area contributed by atoms with Crippen molar-refractivity contribution >= 4 is 11.7 Å². The van der Waals surface area contributed by atoms with Gasteiger partial charge in [-0.1, -0.05) is 6.07 Å². The van der Waals surface area contributed by atoms with Crippen LogP contribution >= 0.6 is 0 Å². The number of carbonyl (C=O) groups excluding carboxylic acids is 1.